The quantitative estimate of drug-likeness (QED) is 0.571. The van der Waals surface area contributed by atoms with Gasteiger partial charge >= 0.3 is 0 Å². The van der Waals surface area contributed by atoms with Crippen LogP contribution in [0.4, 0.5) is 0 Å². The van der Waals surface area contributed by atoms with Crippen LogP contribution in [-0.2, 0) is 0 Å². The molecular formula is C21H18N2O3S. The van der Waals surface area contributed by atoms with Crippen LogP contribution in [0.15, 0.2) is 47.8 Å². The van der Waals surface area contributed by atoms with Gasteiger partial charge in [0.05, 0.1) is 32.6 Å². The second-order valence-electron chi connectivity index (χ2n) is 5.50. The Labute approximate surface area is 162 Å². The maximum Gasteiger partial charge on any atom is 0.203 e. The minimum atomic E-state index is 0.452. The third-order valence-electron chi connectivity index (χ3n) is 3.96. The number of hydrogen-bond donors (Lipinski definition) is 0. The maximum atomic E-state index is 9.66. The Kier molecular flexibility index (Phi) is 5.74. The molecule has 136 valence electrons. The van der Waals surface area contributed by atoms with Crippen LogP contribution >= 0.6 is 11.3 Å². The highest BCUT2D eigenvalue weighted by Crippen LogP contribution is 2.41. The maximum absolute atomic E-state index is 9.66. The summed E-state index contributed by atoms with van der Waals surface area (Å²) in [6.07, 6.45) is 1.74. The van der Waals surface area contributed by atoms with Crippen molar-refractivity contribution in [1.82, 2.24) is 4.98 Å². The molecule has 0 fully saturated rings. The van der Waals surface area contributed by atoms with E-state index in [1.165, 1.54) is 11.3 Å². The van der Waals surface area contributed by atoms with E-state index in [1.807, 2.05) is 41.8 Å². The highest BCUT2D eigenvalue weighted by Gasteiger charge is 2.16. The fourth-order valence-corrected chi connectivity index (χ4v) is 3.47. The molecule has 0 saturated carbocycles. The van der Waals surface area contributed by atoms with E-state index >= 15 is 0 Å². The van der Waals surface area contributed by atoms with E-state index in [1.54, 1.807) is 33.5 Å². The second-order valence-corrected chi connectivity index (χ2v) is 6.36. The van der Waals surface area contributed by atoms with Gasteiger partial charge in [-0.3, -0.25) is 0 Å². The van der Waals surface area contributed by atoms with Crippen molar-refractivity contribution < 1.29 is 14.2 Å². The van der Waals surface area contributed by atoms with Crippen LogP contribution in [-0.4, -0.2) is 26.3 Å². The molecule has 0 aliphatic carbocycles. The first-order valence-electron chi connectivity index (χ1n) is 8.14. The lowest BCUT2D eigenvalue weighted by atomic mass is 10.1. The molecule has 0 amide bonds. The summed E-state index contributed by atoms with van der Waals surface area (Å²) in [7, 11) is 4.66. The molecule has 3 aromatic rings. The van der Waals surface area contributed by atoms with Gasteiger partial charge in [0.1, 0.15) is 11.1 Å². The first-order chi connectivity index (χ1) is 13.2. The van der Waals surface area contributed by atoms with Gasteiger partial charge in [-0.15, -0.1) is 11.3 Å². The molecule has 6 heteroatoms. The van der Waals surface area contributed by atoms with Crippen molar-refractivity contribution in [3.05, 3.63) is 58.4 Å². The highest BCUT2D eigenvalue weighted by atomic mass is 32.1. The van der Waals surface area contributed by atoms with E-state index in [0.29, 0.717) is 33.4 Å². The fraction of sp³-hybridized carbons (Fsp3) is 0.143. The van der Waals surface area contributed by atoms with Crippen molar-refractivity contribution in [2.24, 2.45) is 0 Å². The summed E-state index contributed by atoms with van der Waals surface area (Å²) in [5.41, 5.74) is 3.02. The first kappa shape index (κ1) is 18.5. The van der Waals surface area contributed by atoms with Gasteiger partial charge < -0.3 is 14.2 Å². The second kappa shape index (κ2) is 8.39. The molecular weight excluding hydrogens is 360 g/mol. The van der Waals surface area contributed by atoms with Crippen molar-refractivity contribution >= 4 is 23.0 Å². The van der Waals surface area contributed by atoms with Gasteiger partial charge in [0.2, 0.25) is 5.75 Å². The number of methoxy groups -OCH3 is 3. The van der Waals surface area contributed by atoms with Crippen LogP contribution in [0.5, 0.6) is 17.2 Å². The van der Waals surface area contributed by atoms with Gasteiger partial charge in [-0.2, -0.15) is 5.26 Å². The van der Waals surface area contributed by atoms with E-state index in [4.69, 9.17) is 14.2 Å². The smallest absolute Gasteiger partial charge is 0.203 e. The Hall–Kier alpha value is -3.30. The molecule has 1 heterocycles. The monoisotopic (exact) mass is 378 g/mol. The van der Waals surface area contributed by atoms with E-state index in [2.05, 4.69) is 11.1 Å². The number of hydrogen-bond acceptors (Lipinski definition) is 6. The molecule has 27 heavy (non-hydrogen) atoms. The summed E-state index contributed by atoms with van der Waals surface area (Å²) >= 11 is 1.43. The summed E-state index contributed by atoms with van der Waals surface area (Å²) in [5, 5.41) is 12.3. The molecule has 0 aliphatic heterocycles. The molecule has 0 aliphatic rings. The van der Waals surface area contributed by atoms with Crippen molar-refractivity contribution in [1.29, 1.82) is 5.26 Å². The third kappa shape index (κ3) is 3.78. The Morgan fingerprint density at radius 2 is 1.74 bits per heavy atom. The van der Waals surface area contributed by atoms with Crippen LogP contribution in [0.2, 0.25) is 0 Å². The minimum absolute atomic E-state index is 0.452. The lowest BCUT2D eigenvalue weighted by Gasteiger charge is -2.14. The van der Waals surface area contributed by atoms with Crippen LogP contribution in [0.25, 0.3) is 22.9 Å². The summed E-state index contributed by atoms with van der Waals surface area (Å²) in [5.74, 6) is 1.55. The van der Waals surface area contributed by atoms with Crippen molar-refractivity contribution in [3.63, 3.8) is 0 Å². The minimum Gasteiger partial charge on any atom is -0.493 e. The predicted octanol–water partition coefficient (Wildman–Crippen LogP) is 4.90. The Balaban J connectivity index is 2.03. The van der Waals surface area contributed by atoms with Crippen molar-refractivity contribution in [3.8, 4) is 34.6 Å². The molecule has 0 radical (unpaired) electrons. The molecule has 0 saturated heterocycles. The molecule has 5 nitrogen and oxygen atoms in total. The standard InChI is InChI=1S/C21H18N2O3S/c1-24-18-10-9-15(19(25-2)20(18)26-3)11-16(12-22)21-23-17(13-27-21)14-7-5-4-6-8-14/h4-11,13H,1-3H3/b16-11+. The molecule has 0 spiro atoms. The number of allylic oxidation sites excluding steroid dienone is 1. The van der Waals surface area contributed by atoms with E-state index in [0.717, 1.165) is 11.3 Å². The highest BCUT2D eigenvalue weighted by molar-refractivity contribution is 7.11. The molecule has 3 rings (SSSR count). The van der Waals surface area contributed by atoms with Gasteiger partial charge in [-0.05, 0) is 18.2 Å². The molecule has 0 N–H and O–H groups in total. The first-order valence-corrected chi connectivity index (χ1v) is 9.01. The largest absolute Gasteiger partial charge is 0.493 e. The number of aromatic nitrogens is 1. The average molecular weight is 378 g/mol. The Morgan fingerprint density at radius 3 is 2.37 bits per heavy atom. The zero-order chi connectivity index (χ0) is 19.2. The summed E-state index contributed by atoms with van der Waals surface area (Å²) in [6.45, 7) is 0. The van der Waals surface area contributed by atoms with Crippen LogP contribution in [0.3, 0.4) is 0 Å². The van der Waals surface area contributed by atoms with Crippen molar-refractivity contribution in [2.45, 2.75) is 0 Å². The third-order valence-corrected chi connectivity index (χ3v) is 4.83. The number of benzene rings is 2. The zero-order valence-electron chi connectivity index (χ0n) is 15.2. The predicted molar refractivity (Wildman–Crippen MR) is 107 cm³/mol. The van der Waals surface area contributed by atoms with Gasteiger partial charge in [-0.1, -0.05) is 30.3 Å². The number of nitrogens with zero attached hydrogens (tertiary/aromatic N) is 2. The van der Waals surface area contributed by atoms with Crippen LogP contribution < -0.4 is 14.2 Å². The van der Waals surface area contributed by atoms with E-state index in [-0.39, 0.29) is 0 Å². The number of thiazole rings is 1. The van der Waals surface area contributed by atoms with Crippen molar-refractivity contribution in [2.75, 3.05) is 21.3 Å². The van der Waals surface area contributed by atoms with E-state index in [9.17, 15) is 5.26 Å². The Morgan fingerprint density at radius 1 is 1.00 bits per heavy atom. The Bertz CT molecular complexity index is 1000. The molecule has 0 unspecified atom stereocenters. The lowest BCUT2D eigenvalue weighted by molar-refractivity contribution is 0.324. The SMILES string of the molecule is COc1ccc(/C=C(\C#N)c2nc(-c3ccccc3)cs2)c(OC)c1OC. The molecule has 2 aromatic carbocycles. The fourth-order valence-electron chi connectivity index (χ4n) is 2.67. The molecule has 1 aromatic heterocycles. The summed E-state index contributed by atoms with van der Waals surface area (Å²) in [4.78, 5) is 4.61. The van der Waals surface area contributed by atoms with Crippen LogP contribution in [0.1, 0.15) is 10.6 Å². The lowest BCUT2D eigenvalue weighted by Crippen LogP contribution is -1.97. The summed E-state index contributed by atoms with van der Waals surface area (Å²) in [6, 6.07) is 15.7. The van der Waals surface area contributed by atoms with Gasteiger partial charge in [-0.25, -0.2) is 4.98 Å². The van der Waals surface area contributed by atoms with E-state index < -0.39 is 0 Å². The molecule has 0 bridgehead atoms. The van der Waals surface area contributed by atoms with Gasteiger partial charge in [0.15, 0.2) is 11.5 Å². The van der Waals surface area contributed by atoms with Gasteiger partial charge in [0, 0.05) is 16.5 Å². The summed E-state index contributed by atoms with van der Waals surface area (Å²) < 4.78 is 16.2. The van der Waals surface area contributed by atoms with Crippen LogP contribution in [0, 0.1) is 11.3 Å². The average Bonchev–Trinajstić information content (AvgIpc) is 3.21. The topological polar surface area (TPSA) is 64.4 Å². The number of nitriles is 1. The normalized spacial score (nSPS) is 11.0. The zero-order valence-corrected chi connectivity index (χ0v) is 16.0. The number of ether oxygens (including phenoxy) is 3. The van der Waals surface area contributed by atoms with Gasteiger partial charge in [0.25, 0.3) is 0 Å². The molecule has 0 atom stereocenters. The number of rotatable bonds is 6.